The molecule has 0 spiro atoms. The van der Waals surface area contributed by atoms with Gasteiger partial charge in [-0.3, -0.25) is 4.79 Å². The lowest BCUT2D eigenvalue weighted by atomic mass is 10.1. The van der Waals surface area contributed by atoms with E-state index in [1.807, 2.05) is 13.8 Å². The number of halogens is 2. The molecule has 0 rings (SSSR count). The maximum absolute atomic E-state index is 11.4. The van der Waals surface area contributed by atoms with E-state index in [4.69, 9.17) is 11.5 Å². The zero-order valence-corrected chi connectivity index (χ0v) is 12.4. The molecule has 0 aromatic heterocycles. The number of carbonyl (C=O) groups excluding carboxylic acids is 1. The Labute approximate surface area is 117 Å². The predicted octanol–water partition coefficient (Wildman–Crippen LogP) is 1.45. The molecule has 106 valence electrons. The maximum Gasteiger partial charge on any atom is 0.237 e. The minimum atomic E-state index is -0.381. The Kier molecular flexibility index (Phi) is 18.3. The molecule has 4 nitrogen and oxygen atoms in total. The van der Waals surface area contributed by atoms with Crippen molar-refractivity contribution in [2.24, 2.45) is 17.4 Å². The SMILES string of the molecule is CC(C)[C@@H](N)C(=O)NCCCCCCN.Cl.Cl. The Hall–Kier alpha value is -0.0300. The van der Waals surface area contributed by atoms with Crippen molar-refractivity contribution in [1.82, 2.24) is 5.32 Å². The van der Waals surface area contributed by atoms with Crippen LogP contribution < -0.4 is 16.8 Å². The molecule has 1 atom stereocenters. The topological polar surface area (TPSA) is 81.1 Å². The standard InChI is InChI=1S/C11H25N3O.2ClH/c1-9(2)10(13)11(15)14-8-6-4-3-5-7-12;;/h9-10H,3-8,12-13H2,1-2H3,(H,14,15);2*1H/t10-;;/m1../s1. The Morgan fingerprint density at radius 2 is 1.65 bits per heavy atom. The first kappa shape index (κ1) is 22.2. The van der Waals surface area contributed by atoms with E-state index in [1.165, 1.54) is 0 Å². The van der Waals surface area contributed by atoms with Gasteiger partial charge < -0.3 is 16.8 Å². The maximum atomic E-state index is 11.4. The second-order valence-electron chi connectivity index (χ2n) is 4.26. The molecule has 0 radical (unpaired) electrons. The van der Waals surface area contributed by atoms with Crippen LogP contribution >= 0.6 is 24.8 Å². The summed E-state index contributed by atoms with van der Waals surface area (Å²) in [4.78, 5) is 11.4. The Bertz CT molecular complexity index is 180. The summed E-state index contributed by atoms with van der Waals surface area (Å²) in [5.41, 5.74) is 11.1. The van der Waals surface area contributed by atoms with Gasteiger partial charge in [0, 0.05) is 6.54 Å². The van der Waals surface area contributed by atoms with Crippen LogP contribution in [-0.2, 0) is 4.79 Å². The van der Waals surface area contributed by atoms with Gasteiger partial charge in [-0.25, -0.2) is 0 Å². The van der Waals surface area contributed by atoms with Crippen molar-refractivity contribution in [2.75, 3.05) is 13.1 Å². The van der Waals surface area contributed by atoms with E-state index in [0.717, 1.165) is 38.8 Å². The van der Waals surface area contributed by atoms with Crippen molar-refractivity contribution >= 4 is 30.7 Å². The van der Waals surface area contributed by atoms with E-state index >= 15 is 0 Å². The van der Waals surface area contributed by atoms with Gasteiger partial charge in [-0.05, 0) is 25.3 Å². The molecule has 0 aliphatic heterocycles. The number of nitrogens with two attached hydrogens (primary N) is 2. The van der Waals surface area contributed by atoms with Gasteiger partial charge in [-0.1, -0.05) is 26.7 Å². The first-order chi connectivity index (χ1) is 7.09. The van der Waals surface area contributed by atoms with E-state index in [-0.39, 0.29) is 42.7 Å². The molecule has 0 saturated heterocycles. The summed E-state index contributed by atoms with van der Waals surface area (Å²) in [5.74, 6) is 0.158. The van der Waals surface area contributed by atoms with Crippen LogP contribution in [0.1, 0.15) is 39.5 Å². The molecule has 5 N–H and O–H groups in total. The lowest BCUT2D eigenvalue weighted by Crippen LogP contribution is -2.44. The number of nitrogens with one attached hydrogen (secondary N) is 1. The fraction of sp³-hybridized carbons (Fsp3) is 0.909. The summed E-state index contributed by atoms with van der Waals surface area (Å²) in [6, 6.07) is -0.381. The van der Waals surface area contributed by atoms with Crippen LogP contribution in [0.15, 0.2) is 0 Å². The van der Waals surface area contributed by atoms with Crippen LogP contribution in [0.5, 0.6) is 0 Å². The third-order valence-corrected chi connectivity index (χ3v) is 2.45. The van der Waals surface area contributed by atoms with Gasteiger partial charge in [0.1, 0.15) is 0 Å². The fourth-order valence-corrected chi connectivity index (χ4v) is 1.26. The van der Waals surface area contributed by atoms with Crippen molar-refractivity contribution in [3.05, 3.63) is 0 Å². The van der Waals surface area contributed by atoms with Crippen LogP contribution in [0.25, 0.3) is 0 Å². The second kappa shape index (κ2) is 14.0. The average molecular weight is 288 g/mol. The summed E-state index contributed by atoms with van der Waals surface area (Å²) in [6.07, 6.45) is 4.34. The highest BCUT2D eigenvalue weighted by Crippen LogP contribution is 1.99. The third kappa shape index (κ3) is 12.2. The van der Waals surface area contributed by atoms with Gasteiger partial charge in [-0.2, -0.15) is 0 Å². The van der Waals surface area contributed by atoms with Gasteiger partial charge in [0.05, 0.1) is 6.04 Å². The van der Waals surface area contributed by atoms with E-state index in [2.05, 4.69) is 5.32 Å². The molecule has 1 amide bonds. The van der Waals surface area contributed by atoms with Crippen LogP contribution in [0.2, 0.25) is 0 Å². The van der Waals surface area contributed by atoms with Gasteiger partial charge in [0.2, 0.25) is 5.91 Å². The second-order valence-corrected chi connectivity index (χ2v) is 4.26. The minimum Gasteiger partial charge on any atom is -0.355 e. The van der Waals surface area contributed by atoms with Crippen molar-refractivity contribution in [1.29, 1.82) is 0 Å². The molecular formula is C11H27Cl2N3O. The van der Waals surface area contributed by atoms with E-state index in [0.29, 0.717) is 0 Å². The Morgan fingerprint density at radius 1 is 1.12 bits per heavy atom. The predicted molar refractivity (Wildman–Crippen MR) is 77.8 cm³/mol. The van der Waals surface area contributed by atoms with Crippen LogP contribution in [0, 0.1) is 5.92 Å². The molecule has 0 saturated carbocycles. The van der Waals surface area contributed by atoms with Gasteiger partial charge in [-0.15, -0.1) is 24.8 Å². The van der Waals surface area contributed by atoms with Crippen LogP contribution in [-0.4, -0.2) is 25.0 Å². The van der Waals surface area contributed by atoms with Crippen molar-refractivity contribution in [2.45, 2.75) is 45.6 Å². The van der Waals surface area contributed by atoms with Crippen molar-refractivity contribution < 1.29 is 4.79 Å². The summed E-state index contributed by atoms with van der Waals surface area (Å²) < 4.78 is 0. The molecule has 0 aliphatic rings. The summed E-state index contributed by atoms with van der Waals surface area (Å²) >= 11 is 0. The molecule has 0 aromatic rings. The minimum absolute atomic E-state index is 0. The quantitative estimate of drug-likeness (QED) is 0.591. The Morgan fingerprint density at radius 3 is 2.12 bits per heavy atom. The summed E-state index contributed by atoms with van der Waals surface area (Å²) in [7, 11) is 0. The summed E-state index contributed by atoms with van der Waals surface area (Å²) in [5, 5.41) is 2.85. The number of hydrogen-bond acceptors (Lipinski definition) is 3. The first-order valence-electron chi connectivity index (χ1n) is 5.83. The van der Waals surface area contributed by atoms with Crippen molar-refractivity contribution in [3.63, 3.8) is 0 Å². The third-order valence-electron chi connectivity index (χ3n) is 2.45. The van der Waals surface area contributed by atoms with E-state index < -0.39 is 0 Å². The number of amides is 1. The molecule has 0 fully saturated rings. The number of hydrogen-bond donors (Lipinski definition) is 3. The number of unbranched alkanes of at least 4 members (excludes halogenated alkanes) is 3. The Balaban J connectivity index is -0.000000980. The van der Waals surface area contributed by atoms with Crippen molar-refractivity contribution in [3.8, 4) is 0 Å². The first-order valence-corrected chi connectivity index (χ1v) is 5.83. The highest BCUT2D eigenvalue weighted by atomic mass is 35.5. The highest BCUT2D eigenvalue weighted by Gasteiger charge is 2.15. The molecule has 0 heterocycles. The summed E-state index contributed by atoms with van der Waals surface area (Å²) in [6.45, 7) is 5.38. The highest BCUT2D eigenvalue weighted by molar-refractivity contribution is 5.85. The molecule has 0 bridgehead atoms. The molecule has 6 heteroatoms. The fourth-order valence-electron chi connectivity index (χ4n) is 1.26. The monoisotopic (exact) mass is 287 g/mol. The number of carbonyl (C=O) groups is 1. The van der Waals surface area contributed by atoms with Gasteiger partial charge >= 0.3 is 0 Å². The van der Waals surface area contributed by atoms with Gasteiger partial charge in [0.15, 0.2) is 0 Å². The van der Waals surface area contributed by atoms with E-state index in [1.54, 1.807) is 0 Å². The average Bonchev–Trinajstić information content (AvgIpc) is 2.21. The molecule has 17 heavy (non-hydrogen) atoms. The normalized spacial score (nSPS) is 11.4. The smallest absolute Gasteiger partial charge is 0.237 e. The largest absolute Gasteiger partial charge is 0.355 e. The van der Waals surface area contributed by atoms with E-state index in [9.17, 15) is 4.79 Å². The lowest BCUT2D eigenvalue weighted by molar-refractivity contribution is -0.123. The van der Waals surface area contributed by atoms with Crippen LogP contribution in [0.4, 0.5) is 0 Å². The lowest BCUT2D eigenvalue weighted by Gasteiger charge is -2.15. The van der Waals surface area contributed by atoms with Crippen LogP contribution in [0.3, 0.4) is 0 Å². The zero-order chi connectivity index (χ0) is 11.7. The molecular weight excluding hydrogens is 261 g/mol. The van der Waals surface area contributed by atoms with Gasteiger partial charge in [0.25, 0.3) is 0 Å². The zero-order valence-electron chi connectivity index (χ0n) is 10.8. The molecule has 0 unspecified atom stereocenters. The number of rotatable bonds is 8. The molecule has 0 aromatic carbocycles. The molecule has 0 aliphatic carbocycles.